The number of carbonyl (C=O) groups is 2. The highest BCUT2D eigenvalue weighted by Crippen LogP contribution is 2.31. The van der Waals surface area contributed by atoms with Crippen LogP contribution in [0, 0.1) is 11.3 Å². The lowest BCUT2D eigenvalue weighted by molar-refractivity contribution is -0.143. The van der Waals surface area contributed by atoms with Crippen molar-refractivity contribution >= 4 is 18.0 Å². The molecule has 10 heteroatoms. The normalized spacial score (nSPS) is 13.9. The van der Waals surface area contributed by atoms with Crippen molar-refractivity contribution in [3.05, 3.63) is 65.7 Å². The van der Waals surface area contributed by atoms with Gasteiger partial charge in [-0.3, -0.25) is 9.83 Å². The molecule has 0 bridgehead atoms. The molecule has 1 amide bonds. The molecule has 0 aliphatic carbocycles. The maximum absolute atomic E-state index is 12.3. The third-order valence-corrected chi connectivity index (χ3v) is 6.66. The molecule has 0 aliphatic heterocycles. The smallest absolute Gasteiger partial charge is 0.408 e. The van der Waals surface area contributed by atoms with Gasteiger partial charge in [-0.2, -0.15) is 0 Å². The Balaban J connectivity index is 1.85. The van der Waals surface area contributed by atoms with Crippen LogP contribution in [0.15, 0.2) is 59.6 Å². The lowest BCUT2D eigenvalue weighted by Crippen LogP contribution is -2.43. The monoisotopic (exact) mass is 556 g/mol. The zero-order valence-corrected chi connectivity index (χ0v) is 24.7. The number of hydrogen-bond donors (Lipinski definition) is 3. The molecule has 0 aliphatic rings. The zero-order chi connectivity index (χ0) is 29.5. The topological polar surface area (TPSA) is 120 Å². The Labute approximate surface area is 237 Å². The van der Waals surface area contributed by atoms with E-state index >= 15 is 0 Å². The third-order valence-electron chi connectivity index (χ3n) is 6.66. The zero-order valence-electron chi connectivity index (χ0n) is 24.7. The summed E-state index contributed by atoms with van der Waals surface area (Å²) in [4.78, 5) is 34.4. The van der Waals surface area contributed by atoms with Crippen molar-refractivity contribution in [3.8, 4) is 5.75 Å². The van der Waals surface area contributed by atoms with Gasteiger partial charge in [0.15, 0.2) is 0 Å². The fourth-order valence-corrected chi connectivity index (χ4v) is 4.07. The van der Waals surface area contributed by atoms with Crippen molar-refractivity contribution in [1.82, 2.24) is 16.1 Å². The molecule has 3 unspecified atom stereocenters. The van der Waals surface area contributed by atoms with E-state index in [0.717, 1.165) is 23.3 Å². The van der Waals surface area contributed by atoms with E-state index in [1.54, 1.807) is 14.1 Å². The lowest BCUT2D eigenvalue weighted by Gasteiger charge is -2.33. The van der Waals surface area contributed by atoms with Gasteiger partial charge < -0.3 is 24.8 Å². The fourth-order valence-electron chi connectivity index (χ4n) is 4.07. The Bertz CT molecular complexity index is 1080. The molecule has 3 N–H and O–H groups in total. The van der Waals surface area contributed by atoms with Crippen molar-refractivity contribution in [3.63, 3.8) is 0 Å². The van der Waals surface area contributed by atoms with Crippen LogP contribution in [0.5, 0.6) is 5.75 Å². The number of guanidine groups is 1. The number of nitrogens with zero attached hydrogens (tertiary/aromatic N) is 1. The largest absolute Gasteiger partial charge is 0.493 e. The van der Waals surface area contributed by atoms with E-state index in [1.807, 2.05) is 61.5 Å². The van der Waals surface area contributed by atoms with E-state index in [2.05, 4.69) is 41.9 Å². The van der Waals surface area contributed by atoms with Gasteiger partial charge in [-0.05, 0) is 47.9 Å². The average molecular weight is 557 g/mol. The van der Waals surface area contributed by atoms with Gasteiger partial charge in [-0.25, -0.2) is 15.1 Å². The van der Waals surface area contributed by atoms with Crippen LogP contribution in [-0.4, -0.2) is 58.0 Å². The molecule has 0 saturated carbocycles. The van der Waals surface area contributed by atoms with Crippen molar-refractivity contribution in [2.75, 3.05) is 27.8 Å². The van der Waals surface area contributed by atoms with Crippen molar-refractivity contribution in [2.24, 2.45) is 16.3 Å². The molecule has 220 valence electrons. The molecule has 3 atom stereocenters. The van der Waals surface area contributed by atoms with Crippen LogP contribution >= 0.6 is 0 Å². The lowest BCUT2D eigenvalue weighted by atomic mass is 9.79. The highest BCUT2D eigenvalue weighted by Gasteiger charge is 2.30. The van der Waals surface area contributed by atoms with Gasteiger partial charge >= 0.3 is 12.1 Å². The molecule has 0 fully saturated rings. The molecule has 0 saturated heterocycles. The molecule has 10 nitrogen and oxygen atoms in total. The van der Waals surface area contributed by atoms with Gasteiger partial charge in [0.25, 0.3) is 0 Å². The van der Waals surface area contributed by atoms with Crippen LogP contribution in [-0.2, 0) is 32.1 Å². The molecule has 40 heavy (non-hydrogen) atoms. The van der Waals surface area contributed by atoms with E-state index in [0.29, 0.717) is 12.6 Å². The Morgan fingerprint density at radius 3 is 2.27 bits per heavy atom. The first kappa shape index (κ1) is 32.4. The van der Waals surface area contributed by atoms with E-state index in [9.17, 15) is 9.59 Å². The van der Waals surface area contributed by atoms with Gasteiger partial charge in [-0.15, -0.1) is 0 Å². The number of alkyl carbamates (subject to hydrolysis) is 1. The summed E-state index contributed by atoms with van der Waals surface area (Å²) in [5.41, 5.74) is 4.45. The predicted molar refractivity (Wildman–Crippen MR) is 155 cm³/mol. The molecule has 0 radical (unpaired) electrons. The molecule has 2 aromatic rings. The first-order valence-corrected chi connectivity index (χ1v) is 13.4. The number of rotatable bonds is 14. The number of hydroxylamine groups is 1. The molecule has 0 aromatic heterocycles. The minimum absolute atomic E-state index is 0.0636. The first-order valence-electron chi connectivity index (χ1n) is 13.4. The second-order valence-corrected chi connectivity index (χ2v) is 10.4. The molecule has 0 spiro atoms. The van der Waals surface area contributed by atoms with Gasteiger partial charge in [-0.1, -0.05) is 63.2 Å². The van der Waals surface area contributed by atoms with Crippen LogP contribution in [0.1, 0.15) is 45.2 Å². The summed E-state index contributed by atoms with van der Waals surface area (Å²) >= 11 is 0. The van der Waals surface area contributed by atoms with Crippen LogP contribution in [0.25, 0.3) is 0 Å². The van der Waals surface area contributed by atoms with Gasteiger partial charge in [0, 0.05) is 20.5 Å². The van der Waals surface area contributed by atoms with Gasteiger partial charge in [0.1, 0.15) is 18.4 Å². The maximum Gasteiger partial charge on any atom is 0.408 e. The van der Waals surface area contributed by atoms with E-state index < -0.39 is 18.1 Å². The number of ether oxygens (including phenoxy) is 3. The Morgan fingerprint density at radius 1 is 1.00 bits per heavy atom. The number of esters is 1. The Kier molecular flexibility index (Phi) is 13.2. The highest BCUT2D eigenvalue weighted by molar-refractivity contribution is 5.81. The standard InChI is InChI=1S/C30H44N4O6/c1-21(18-30(3,4)22(2)40-34-28(31-5)32-6)19-38-25-15-13-23(14-16-25)17-26(27(35)37-7)33-29(36)39-20-24-11-9-8-10-12-24/h8-16,21-22,26H,17-20H2,1-7H3,(H,33,36)(H2,31,32,34). The minimum atomic E-state index is -0.881. The molecular weight excluding hydrogens is 512 g/mol. The average Bonchev–Trinajstić information content (AvgIpc) is 2.95. The number of benzene rings is 2. The minimum Gasteiger partial charge on any atom is -0.493 e. The number of nitrogens with one attached hydrogen (secondary N) is 3. The first-order chi connectivity index (χ1) is 19.1. The maximum atomic E-state index is 12.3. The van der Waals surface area contributed by atoms with Gasteiger partial charge in [0.2, 0.25) is 5.96 Å². The Morgan fingerprint density at radius 2 is 1.68 bits per heavy atom. The summed E-state index contributed by atoms with van der Waals surface area (Å²) < 4.78 is 16.2. The summed E-state index contributed by atoms with van der Waals surface area (Å²) in [5.74, 6) is 1.02. The summed E-state index contributed by atoms with van der Waals surface area (Å²) in [5, 5.41) is 5.53. The third kappa shape index (κ3) is 11.1. The van der Waals surface area contributed by atoms with Crippen molar-refractivity contribution in [2.45, 2.75) is 59.3 Å². The highest BCUT2D eigenvalue weighted by atomic mass is 16.7. The van der Waals surface area contributed by atoms with Crippen LogP contribution in [0.3, 0.4) is 0 Å². The summed E-state index contributed by atoms with van der Waals surface area (Å²) in [6, 6.07) is 15.9. The number of amides is 1. The molecule has 2 aromatic carbocycles. The predicted octanol–water partition coefficient (Wildman–Crippen LogP) is 4.24. The van der Waals surface area contributed by atoms with Crippen molar-refractivity contribution < 1.29 is 28.6 Å². The van der Waals surface area contributed by atoms with Crippen molar-refractivity contribution in [1.29, 1.82) is 0 Å². The van der Waals surface area contributed by atoms with E-state index in [-0.39, 0.29) is 30.5 Å². The number of methoxy groups -OCH3 is 1. The van der Waals surface area contributed by atoms with E-state index in [1.165, 1.54) is 7.11 Å². The molecular formula is C30H44N4O6. The Hall–Kier alpha value is -3.79. The summed E-state index contributed by atoms with van der Waals surface area (Å²) in [6.45, 7) is 9.15. The van der Waals surface area contributed by atoms with Crippen LogP contribution < -0.4 is 20.9 Å². The number of carbonyl (C=O) groups excluding carboxylic acids is 2. The summed E-state index contributed by atoms with van der Waals surface area (Å²) in [6.07, 6.45) is 0.389. The van der Waals surface area contributed by atoms with Gasteiger partial charge in [0.05, 0.1) is 19.8 Å². The number of hydrogen-bond acceptors (Lipinski definition) is 7. The second-order valence-electron chi connectivity index (χ2n) is 10.4. The van der Waals surface area contributed by atoms with Crippen LogP contribution in [0.2, 0.25) is 0 Å². The van der Waals surface area contributed by atoms with Crippen LogP contribution in [0.4, 0.5) is 4.79 Å². The number of aliphatic imine (C=N–C) groups is 1. The summed E-state index contributed by atoms with van der Waals surface area (Å²) in [7, 11) is 4.75. The second kappa shape index (κ2) is 16.3. The quantitative estimate of drug-likeness (QED) is 0.137. The molecule has 2 rings (SSSR count). The molecule has 0 heterocycles. The van der Waals surface area contributed by atoms with E-state index in [4.69, 9.17) is 19.0 Å². The fraction of sp³-hybridized carbons (Fsp3) is 0.500. The SMILES string of the molecule is CN=C(NC)NOC(C)C(C)(C)CC(C)COc1ccc(CC(NC(=O)OCc2ccccc2)C(=O)OC)cc1.